The number of hydrogen-bond acceptors (Lipinski definition) is 3. The van der Waals surface area contributed by atoms with E-state index >= 15 is 0 Å². The molecule has 1 aliphatic rings. The average Bonchev–Trinajstić information content (AvgIpc) is 2.62. The summed E-state index contributed by atoms with van der Waals surface area (Å²) in [6.07, 6.45) is 3.56. The molecule has 4 nitrogen and oxygen atoms in total. The van der Waals surface area contributed by atoms with Crippen LogP contribution in [-0.4, -0.2) is 24.1 Å². The summed E-state index contributed by atoms with van der Waals surface area (Å²) in [7, 11) is 0. The van der Waals surface area contributed by atoms with Crippen molar-refractivity contribution in [3.63, 3.8) is 0 Å². The Kier molecular flexibility index (Phi) is 4.53. The lowest BCUT2D eigenvalue weighted by Gasteiger charge is -2.25. The number of benzene rings is 1. The molecule has 104 valence electrons. The Morgan fingerprint density at radius 3 is 2.95 bits per heavy atom. The Hall–Kier alpha value is -1.42. The summed E-state index contributed by atoms with van der Waals surface area (Å²) in [5, 5.41) is 12.5. The highest BCUT2D eigenvalue weighted by Gasteiger charge is 2.19. The normalized spacial score (nSPS) is 21.3. The van der Waals surface area contributed by atoms with Crippen LogP contribution in [0.5, 0.6) is 0 Å². The van der Waals surface area contributed by atoms with E-state index in [1.54, 1.807) is 6.07 Å². The molecule has 0 radical (unpaired) electrons. The van der Waals surface area contributed by atoms with Crippen molar-refractivity contribution in [1.29, 1.82) is 0 Å². The van der Waals surface area contributed by atoms with Crippen molar-refractivity contribution in [3.8, 4) is 0 Å². The molecule has 1 aliphatic heterocycles. The number of nitrogens with two attached hydrogens (primary N) is 1. The Morgan fingerprint density at radius 1 is 1.42 bits per heavy atom. The quantitative estimate of drug-likeness (QED) is 0.379. The Morgan fingerprint density at radius 2 is 2.21 bits per heavy atom. The Balaban J connectivity index is 2.36. The summed E-state index contributed by atoms with van der Waals surface area (Å²) in [5.41, 5.74) is 7.34. The van der Waals surface area contributed by atoms with E-state index in [1.807, 2.05) is 12.1 Å². The first-order valence-corrected chi connectivity index (χ1v) is 7.02. The van der Waals surface area contributed by atoms with E-state index in [0.29, 0.717) is 10.6 Å². The molecule has 0 aliphatic carbocycles. The smallest absolute Gasteiger partial charge is 0.173 e. The fraction of sp³-hybridized carbons (Fsp3) is 0.500. The minimum absolute atomic E-state index is 0.0675. The van der Waals surface area contributed by atoms with E-state index in [9.17, 15) is 0 Å². The van der Waals surface area contributed by atoms with Crippen LogP contribution in [0.15, 0.2) is 23.4 Å². The van der Waals surface area contributed by atoms with Gasteiger partial charge in [-0.3, -0.25) is 0 Å². The van der Waals surface area contributed by atoms with Crippen molar-refractivity contribution in [2.45, 2.75) is 26.2 Å². The van der Waals surface area contributed by atoms with E-state index in [4.69, 9.17) is 22.5 Å². The van der Waals surface area contributed by atoms with Crippen molar-refractivity contribution >= 4 is 23.1 Å². The molecule has 2 rings (SSSR count). The molecule has 1 heterocycles. The molecule has 0 aromatic heterocycles. The maximum Gasteiger partial charge on any atom is 0.173 e. The second-order valence-corrected chi connectivity index (χ2v) is 5.55. The zero-order valence-electron chi connectivity index (χ0n) is 11.1. The Labute approximate surface area is 118 Å². The maximum absolute atomic E-state index is 8.92. The van der Waals surface area contributed by atoms with Crippen LogP contribution in [0.25, 0.3) is 0 Å². The summed E-state index contributed by atoms with van der Waals surface area (Å²) in [5.74, 6) is 0.814. The summed E-state index contributed by atoms with van der Waals surface area (Å²) in [4.78, 5) is 2.28. The molecule has 3 N–H and O–H groups in total. The first kappa shape index (κ1) is 14.0. The third-order valence-corrected chi connectivity index (χ3v) is 4.03. The summed E-state index contributed by atoms with van der Waals surface area (Å²) in [6.45, 7) is 4.25. The fourth-order valence-corrected chi connectivity index (χ4v) is 2.85. The monoisotopic (exact) mass is 281 g/mol. The highest BCUT2D eigenvalue weighted by Crippen LogP contribution is 2.30. The van der Waals surface area contributed by atoms with Crippen LogP contribution in [-0.2, 0) is 0 Å². The van der Waals surface area contributed by atoms with Crippen molar-refractivity contribution in [2.75, 3.05) is 18.0 Å². The fourth-order valence-electron chi connectivity index (χ4n) is 2.58. The minimum Gasteiger partial charge on any atom is -0.409 e. The maximum atomic E-state index is 8.92. The van der Waals surface area contributed by atoms with Gasteiger partial charge in [-0.05, 0) is 37.3 Å². The number of oxime groups is 1. The number of rotatable bonds is 2. The largest absolute Gasteiger partial charge is 0.409 e. The SMILES string of the molecule is CC1CCCN(c2cccc(Cl)c2C(N)=NO)CC1. The van der Waals surface area contributed by atoms with Gasteiger partial charge in [-0.1, -0.05) is 29.7 Å². The predicted molar refractivity (Wildman–Crippen MR) is 79.2 cm³/mol. The van der Waals surface area contributed by atoms with Crippen LogP contribution in [0.1, 0.15) is 31.7 Å². The van der Waals surface area contributed by atoms with Gasteiger partial charge in [0, 0.05) is 18.8 Å². The van der Waals surface area contributed by atoms with Crippen molar-refractivity contribution in [2.24, 2.45) is 16.8 Å². The number of amidine groups is 1. The van der Waals surface area contributed by atoms with Crippen LogP contribution >= 0.6 is 11.6 Å². The number of anilines is 1. The zero-order chi connectivity index (χ0) is 13.8. The molecule has 1 atom stereocenters. The topological polar surface area (TPSA) is 61.8 Å². The lowest BCUT2D eigenvalue weighted by molar-refractivity contribution is 0.318. The van der Waals surface area contributed by atoms with Crippen LogP contribution in [0, 0.1) is 5.92 Å². The second kappa shape index (κ2) is 6.15. The van der Waals surface area contributed by atoms with Crippen molar-refractivity contribution in [1.82, 2.24) is 0 Å². The number of nitrogens with zero attached hydrogens (tertiary/aromatic N) is 2. The molecule has 1 saturated heterocycles. The third-order valence-electron chi connectivity index (χ3n) is 3.71. The molecule has 19 heavy (non-hydrogen) atoms. The number of halogens is 1. The van der Waals surface area contributed by atoms with Gasteiger partial charge in [0.25, 0.3) is 0 Å². The predicted octanol–water partition coefficient (Wildman–Crippen LogP) is 3.06. The third kappa shape index (κ3) is 3.13. The van der Waals surface area contributed by atoms with Crippen LogP contribution in [0.3, 0.4) is 0 Å². The zero-order valence-corrected chi connectivity index (χ0v) is 11.9. The molecule has 1 unspecified atom stereocenters. The lowest BCUT2D eigenvalue weighted by Crippen LogP contribution is -2.28. The average molecular weight is 282 g/mol. The van der Waals surface area contributed by atoms with Gasteiger partial charge in [-0.2, -0.15) is 0 Å². The van der Waals surface area contributed by atoms with Gasteiger partial charge in [0.05, 0.1) is 10.6 Å². The molecule has 5 heteroatoms. The first-order valence-electron chi connectivity index (χ1n) is 6.65. The van der Waals surface area contributed by atoms with E-state index in [0.717, 1.165) is 37.5 Å². The van der Waals surface area contributed by atoms with Gasteiger partial charge >= 0.3 is 0 Å². The van der Waals surface area contributed by atoms with E-state index < -0.39 is 0 Å². The van der Waals surface area contributed by atoms with Crippen LogP contribution in [0.2, 0.25) is 5.02 Å². The van der Waals surface area contributed by atoms with Gasteiger partial charge in [-0.15, -0.1) is 0 Å². The molecule has 0 saturated carbocycles. The summed E-state index contributed by atoms with van der Waals surface area (Å²) >= 11 is 6.19. The highest BCUT2D eigenvalue weighted by atomic mass is 35.5. The molecule has 0 amide bonds. The summed E-state index contributed by atoms with van der Waals surface area (Å²) in [6, 6.07) is 5.65. The van der Waals surface area contributed by atoms with Gasteiger partial charge in [0.1, 0.15) is 0 Å². The highest BCUT2D eigenvalue weighted by molar-refractivity contribution is 6.34. The van der Waals surface area contributed by atoms with Crippen LogP contribution < -0.4 is 10.6 Å². The molecule has 0 bridgehead atoms. The minimum atomic E-state index is 0.0675. The molecule has 1 fully saturated rings. The molecular weight excluding hydrogens is 262 g/mol. The van der Waals surface area contributed by atoms with Gasteiger partial charge in [0.2, 0.25) is 0 Å². The molecule has 0 spiro atoms. The van der Waals surface area contributed by atoms with Gasteiger partial charge in [-0.25, -0.2) is 0 Å². The lowest BCUT2D eigenvalue weighted by atomic mass is 10.0. The van der Waals surface area contributed by atoms with Crippen molar-refractivity contribution in [3.05, 3.63) is 28.8 Å². The van der Waals surface area contributed by atoms with E-state index in [2.05, 4.69) is 17.0 Å². The first-order chi connectivity index (χ1) is 9.13. The van der Waals surface area contributed by atoms with E-state index in [-0.39, 0.29) is 5.84 Å². The second-order valence-electron chi connectivity index (χ2n) is 5.14. The molecular formula is C14H20ClN3O. The Bertz CT molecular complexity index is 476. The molecule has 1 aromatic rings. The molecule has 1 aromatic carbocycles. The van der Waals surface area contributed by atoms with Gasteiger partial charge in [0.15, 0.2) is 5.84 Å². The number of hydrogen-bond donors (Lipinski definition) is 2. The standard InChI is InChI=1S/C14H20ClN3O/c1-10-4-3-8-18(9-7-10)12-6-2-5-11(15)13(12)14(16)17-19/h2,5-6,10,19H,3-4,7-9H2,1H3,(H2,16,17). The summed E-state index contributed by atoms with van der Waals surface area (Å²) < 4.78 is 0. The van der Waals surface area contributed by atoms with Gasteiger partial charge < -0.3 is 15.8 Å². The van der Waals surface area contributed by atoms with E-state index in [1.165, 1.54) is 6.42 Å². The van der Waals surface area contributed by atoms with Crippen molar-refractivity contribution < 1.29 is 5.21 Å². The van der Waals surface area contributed by atoms with Crippen LogP contribution in [0.4, 0.5) is 5.69 Å².